The molecule has 16 N–H and O–H groups in total. The number of allylic oxidation sites excluding steroid dienone is 1. The number of ether oxygens (including phenoxy) is 8. The highest BCUT2D eigenvalue weighted by Crippen LogP contribution is 2.40. The Bertz CT molecular complexity index is 2180. The summed E-state index contributed by atoms with van der Waals surface area (Å²) in [6.45, 7) is 1.65. The van der Waals surface area contributed by atoms with Gasteiger partial charge in [0.05, 0.1) is 57.3 Å². The number of carboxylic acids is 1. The predicted molar refractivity (Wildman–Crippen MR) is 343 cm³/mol. The van der Waals surface area contributed by atoms with E-state index in [1.165, 1.54) is 109 Å². The zero-order valence-corrected chi connectivity index (χ0v) is 57.0. The molecule has 4 rings (SSSR count). The molecule has 0 spiro atoms. The average molecular weight is 1380 g/mol. The van der Waals surface area contributed by atoms with Crippen LogP contribution in [0.15, 0.2) is 12.2 Å². The van der Waals surface area contributed by atoms with Gasteiger partial charge in [-0.3, -0.25) is 14.4 Å². The van der Waals surface area contributed by atoms with E-state index in [-0.39, 0.29) is 12.3 Å². The first-order valence-corrected chi connectivity index (χ1v) is 35.5. The number of unbranched alkanes of at least 4 members (excludes halogenated alkanes) is 25. The van der Waals surface area contributed by atoms with Gasteiger partial charge in [-0.15, -0.1) is 0 Å². The van der Waals surface area contributed by atoms with E-state index >= 15 is 0 Å². The third-order valence-electron chi connectivity index (χ3n) is 18.5. The van der Waals surface area contributed by atoms with Crippen LogP contribution in [0, 0.1) is 0 Å². The second-order valence-electron chi connectivity index (χ2n) is 26.5. The van der Waals surface area contributed by atoms with Crippen LogP contribution in [0.4, 0.5) is 0 Å². The highest BCUT2D eigenvalue weighted by molar-refractivity contribution is 5.76. The normalized spacial score (nSPS) is 32.3. The van der Waals surface area contributed by atoms with Crippen LogP contribution in [-0.2, 0) is 57.1 Å². The molecule has 4 aliphatic rings. The van der Waals surface area contributed by atoms with Crippen molar-refractivity contribution in [3.8, 4) is 0 Å². The summed E-state index contributed by atoms with van der Waals surface area (Å²) in [7, 11) is 0. The summed E-state index contributed by atoms with van der Waals surface area (Å²) in [5, 5.41) is 165. The molecule has 4 fully saturated rings. The zero-order chi connectivity index (χ0) is 70.7. The molecule has 4 aliphatic heterocycles. The van der Waals surface area contributed by atoms with E-state index in [9.17, 15) is 90.7 Å². The maximum absolute atomic E-state index is 13.5. The molecule has 96 heavy (non-hydrogen) atoms. The SMILES string of the molecule is CCCCCCCCCCCCC/C=C/[C@@H](O)[C@H](CO[C@@H]1O[C@@H](CO)[C@@H](O[C@@H]2OC(CO)[C@H](O[C@@H]3OC(CO)[C@H](O)C(O)C3NC(C)=O)C(O[C@]3(C(=O)[O-])C[C@@H](O)[C@@H](NC(C)=O)C([C@H](O)[C@H](O)CO)O3)C2O)C(O)C1O)NC(=O)CCCCCCCCCCCCCCCCC. The lowest BCUT2D eigenvalue weighted by Gasteiger charge is -2.53. The van der Waals surface area contributed by atoms with Gasteiger partial charge >= 0.3 is 0 Å². The van der Waals surface area contributed by atoms with Gasteiger partial charge < -0.3 is 130 Å². The molecule has 0 saturated carbocycles. The van der Waals surface area contributed by atoms with Gasteiger partial charge in [0, 0.05) is 26.7 Å². The number of rotatable bonds is 49. The van der Waals surface area contributed by atoms with Crippen molar-refractivity contribution in [1.29, 1.82) is 0 Å². The lowest BCUT2D eigenvalue weighted by atomic mass is 9.88. The number of aliphatic carboxylic acids is 1. The minimum atomic E-state index is -3.39. The fourth-order valence-electron chi connectivity index (χ4n) is 12.8. The summed E-state index contributed by atoms with van der Waals surface area (Å²) in [5.74, 6) is -7.75. The molecule has 3 amide bonds. The Morgan fingerprint density at radius 2 is 1.02 bits per heavy atom. The molecule has 560 valence electrons. The summed E-state index contributed by atoms with van der Waals surface area (Å²) in [4.78, 5) is 51.8. The molecule has 9 unspecified atom stereocenters. The molecular weight excluding hydrogens is 1260 g/mol. The molecule has 0 aliphatic carbocycles. The summed E-state index contributed by atoms with van der Waals surface area (Å²) < 4.78 is 47.7. The van der Waals surface area contributed by atoms with Crippen molar-refractivity contribution in [2.75, 3.05) is 33.0 Å². The third-order valence-corrected chi connectivity index (χ3v) is 18.5. The Labute approximate surface area is 565 Å². The lowest BCUT2D eigenvalue weighted by Crippen LogP contribution is -2.73. The Morgan fingerprint density at radius 1 is 0.552 bits per heavy atom. The van der Waals surface area contributed by atoms with Crippen LogP contribution in [0.3, 0.4) is 0 Å². The van der Waals surface area contributed by atoms with Crippen LogP contribution < -0.4 is 21.1 Å². The number of amides is 3. The number of carbonyl (C=O) groups is 4. The van der Waals surface area contributed by atoms with E-state index in [4.69, 9.17) is 37.9 Å². The molecule has 23 atom stereocenters. The number of hydrogen-bond donors (Lipinski definition) is 16. The highest BCUT2D eigenvalue weighted by atomic mass is 16.8. The van der Waals surface area contributed by atoms with Crippen LogP contribution >= 0.6 is 0 Å². The summed E-state index contributed by atoms with van der Waals surface area (Å²) in [6.07, 6.45) is -5.12. The first-order valence-electron chi connectivity index (χ1n) is 35.5. The summed E-state index contributed by atoms with van der Waals surface area (Å²) in [5.41, 5.74) is 0. The lowest BCUT2D eigenvalue weighted by molar-refractivity contribution is -0.420. The molecule has 0 aromatic rings. The van der Waals surface area contributed by atoms with Crippen LogP contribution in [0.25, 0.3) is 0 Å². The van der Waals surface area contributed by atoms with Crippen molar-refractivity contribution in [3.05, 3.63) is 12.2 Å². The quantitative estimate of drug-likeness (QED) is 0.0277. The first kappa shape index (κ1) is 85.2. The average Bonchev–Trinajstić information content (AvgIpc) is 0.761. The fourth-order valence-corrected chi connectivity index (χ4v) is 12.8. The maximum atomic E-state index is 13.5. The Morgan fingerprint density at radius 3 is 1.52 bits per heavy atom. The molecule has 0 radical (unpaired) electrons. The molecule has 29 nitrogen and oxygen atoms in total. The summed E-state index contributed by atoms with van der Waals surface area (Å²) in [6, 6.07) is -4.56. The van der Waals surface area contributed by atoms with Crippen molar-refractivity contribution in [2.45, 2.75) is 354 Å². The number of carbonyl (C=O) groups excluding carboxylic acids is 4. The maximum Gasteiger partial charge on any atom is 0.220 e. The second kappa shape index (κ2) is 46.3. The number of hydrogen-bond acceptors (Lipinski definition) is 26. The van der Waals surface area contributed by atoms with Gasteiger partial charge in [0.15, 0.2) is 18.9 Å². The van der Waals surface area contributed by atoms with Crippen molar-refractivity contribution < 1.29 is 129 Å². The van der Waals surface area contributed by atoms with Crippen molar-refractivity contribution in [1.82, 2.24) is 16.0 Å². The third kappa shape index (κ3) is 27.6. The van der Waals surface area contributed by atoms with E-state index in [1.807, 2.05) is 6.08 Å². The summed E-state index contributed by atoms with van der Waals surface area (Å²) >= 11 is 0. The molecule has 0 aromatic carbocycles. The fraction of sp³-hybridized carbons (Fsp3) is 0.910. The molecular formula is C67H120N3O26-. The van der Waals surface area contributed by atoms with E-state index in [1.54, 1.807) is 6.08 Å². The van der Waals surface area contributed by atoms with Crippen LogP contribution in [0.1, 0.15) is 214 Å². The number of aliphatic hydroxyl groups is 13. The van der Waals surface area contributed by atoms with Gasteiger partial charge in [-0.2, -0.15) is 0 Å². The second-order valence-corrected chi connectivity index (χ2v) is 26.5. The Kier molecular flexibility index (Phi) is 41.1. The standard InChI is InChI=1S/C67H121N3O26/c1-5-7-9-11-13-15-17-19-20-22-24-26-28-30-32-34-50(80)70-43(44(77)33-31-29-27-25-23-21-18-16-14-12-10-8-6-2)40-89-64-57(85)56(84)59(48(38-73)91-64)93-65-58(86)62(60(49(39-74)92-65)94-63-52(69-42(4)76)55(83)54(82)47(37-72)90-63)96-67(66(87)88)35-45(78)51(68-41(3)75)61(95-67)53(81)46(79)36-71/h31,33,43-49,51-65,71-74,77-79,81-86H,5-30,32,34-40H2,1-4H3,(H,68,75)(H,69,76)(H,70,80)(H,87,88)/p-1/b33-31+/t43-,44+,45+,46+,47?,48-,49?,51+,52?,53+,54-,55?,56?,57?,58?,59+,60-,61?,62?,63-,64+,65-,67-/m0/s1. The topological polar surface area (TPSA) is 464 Å². The van der Waals surface area contributed by atoms with E-state index < -0.39 is 198 Å². The van der Waals surface area contributed by atoms with Crippen molar-refractivity contribution >= 4 is 23.7 Å². The number of nitrogens with one attached hydrogen (secondary N) is 3. The number of aliphatic hydroxyl groups excluding tert-OH is 13. The van der Waals surface area contributed by atoms with E-state index in [2.05, 4.69) is 29.8 Å². The van der Waals surface area contributed by atoms with Crippen LogP contribution in [0.5, 0.6) is 0 Å². The van der Waals surface area contributed by atoms with Crippen molar-refractivity contribution in [3.63, 3.8) is 0 Å². The van der Waals surface area contributed by atoms with Gasteiger partial charge in [0.1, 0.15) is 97.5 Å². The van der Waals surface area contributed by atoms with Crippen LogP contribution in [-0.4, -0.2) is 264 Å². The minimum absolute atomic E-state index is 0.159. The largest absolute Gasteiger partial charge is 0.544 e. The highest BCUT2D eigenvalue weighted by Gasteiger charge is 2.60. The smallest absolute Gasteiger partial charge is 0.220 e. The van der Waals surface area contributed by atoms with Gasteiger partial charge in [0.2, 0.25) is 23.5 Å². The molecule has 0 bridgehead atoms. The molecule has 4 saturated heterocycles. The Balaban J connectivity index is 1.54. The van der Waals surface area contributed by atoms with Gasteiger partial charge in [-0.1, -0.05) is 180 Å². The Hall–Kier alpha value is -3.22. The zero-order valence-electron chi connectivity index (χ0n) is 57.0. The number of carboxylic acid groups (broad SMARTS) is 1. The van der Waals surface area contributed by atoms with Gasteiger partial charge in [-0.05, 0) is 19.3 Å². The van der Waals surface area contributed by atoms with E-state index in [0.717, 1.165) is 65.2 Å². The van der Waals surface area contributed by atoms with Crippen molar-refractivity contribution in [2.24, 2.45) is 0 Å². The molecule has 29 heteroatoms. The first-order chi connectivity index (χ1) is 46.0. The molecule has 4 heterocycles. The van der Waals surface area contributed by atoms with Gasteiger partial charge in [-0.25, -0.2) is 0 Å². The molecule has 0 aromatic heterocycles. The monoisotopic (exact) mass is 1380 g/mol. The van der Waals surface area contributed by atoms with Gasteiger partial charge in [0.25, 0.3) is 0 Å². The van der Waals surface area contributed by atoms with E-state index in [0.29, 0.717) is 12.8 Å². The van der Waals surface area contributed by atoms with Crippen LogP contribution in [0.2, 0.25) is 0 Å². The minimum Gasteiger partial charge on any atom is -0.544 e. The predicted octanol–water partition coefficient (Wildman–Crippen LogP) is -0.201.